The summed E-state index contributed by atoms with van der Waals surface area (Å²) in [5.41, 5.74) is 0. The summed E-state index contributed by atoms with van der Waals surface area (Å²) < 4.78 is 0. The molecule has 0 aromatic rings. The van der Waals surface area contributed by atoms with E-state index in [0.29, 0.717) is 6.54 Å². The molecule has 0 fully saturated rings. The number of carboxylic acids is 1. The van der Waals surface area contributed by atoms with Crippen molar-refractivity contribution < 1.29 is 14.7 Å². The van der Waals surface area contributed by atoms with Crippen molar-refractivity contribution in [3.63, 3.8) is 0 Å². The molecular formula is C10H16N2O3. The van der Waals surface area contributed by atoms with Gasteiger partial charge in [0.2, 0.25) is 5.91 Å². The normalized spacial score (nSPS) is 11.9. The Kier molecular flexibility index (Phi) is 6.14. The number of likely N-dealkylation sites (N-methyl/N-ethyl adjacent to an activating group) is 1. The van der Waals surface area contributed by atoms with Gasteiger partial charge in [-0.05, 0) is 13.8 Å². The van der Waals surface area contributed by atoms with Crippen LogP contribution in [0.1, 0.15) is 13.8 Å². The monoisotopic (exact) mass is 212 g/mol. The molecule has 5 heteroatoms. The van der Waals surface area contributed by atoms with Crippen LogP contribution in [0.3, 0.4) is 0 Å². The van der Waals surface area contributed by atoms with Crippen LogP contribution in [0.4, 0.5) is 0 Å². The van der Waals surface area contributed by atoms with Gasteiger partial charge in [0.25, 0.3) is 0 Å². The molecule has 15 heavy (non-hydrogen) atoms. The highest BCUT2D eigenvalue weighted by molar-refractivity contribution is 5.82. The molecule has 0 heterocycles. The van der Waals surface area contributed by atoms with Gasteiger partial charge in [0, 0.05) is 6.54 Å². The van der Waals surface area contributed by atoms with Crippen molar-refractivity contribution in [3.05, 3.63) is 0 Å². The van der Waals surface area contributed by atoms with E-state index in [1.54, 1.807) is 13.8 Å². The maximum Gasteiger partial charge on any atom is 0.317 e. The minimum atomic E-state index is -0.999. The van der Waals surface area contributed by atoms with Crippen LogP contribution in [-0.2, 0) is 9.59 Å². The first-order valence-electron chi connectivity index (χ1n) is 4.69. The van der Waals surface area contributed by atoms with Crippen LogP contribution in [0, 0.1) is 12.3 Å². The third-order valence-electron chi connectivity index (χ3n) is 1.91. The van der Waals surface area contributed by atoms with Gasteiger partial charge in [-0.1, -0.05) is 5.92 Å². The first-order valence-corrected chi connectivity index (χ1v) is 4.69. The highest BCUT2D eigenvalue weighted by Crippen LogP contribution is 1.98. The number of carbonyl (C=O) groups is 2. The molecule has 2 N–H and O–H groups in total. The van der Waals surface area contributed by atoms with Crippen LogP contribution in [0.5, 0.6) is 0 Å². The molecule has 84 valence electrons. The van der Waals surface area contributed by atoms with Gasteiger partial charge in [-0.3, -0.25) is 14.5 Å². The minimum Gasteiger partial charge on any atom is -0.480 e. The van der Waals surface area contributed by atoms with Gasteiger partial charge in [0.15, 0.2) is 0 Å². The number of amides is 1. The zero-order valence-corrected chi connectivity index (χ0v) is 8.99. The topological polar surface area (TPSA) is 69.6 Å². The molecule has 1 unspecified atom stereocenters. The van der Waals surface area contributed by atoms with Gasteiger partial charge in [0.05, 0.1) is 19.1 Å². The molecule has 0 bridgehead atoms. The standard InChI is InChI=1S/C10H16N2O3/c1-4-6-12(7-9(13)14)8(3)10(15)11-5-2/h1,8H,5-7H2,2-3H3,(H,11,15)(H,13,14). The first-order chi connectivity index (χ1) is 7.02. The van der Waals surface area contributed by atoms with Gasteiger partial charge >= 0.3 is 5.97 Å². The molecule has 0 rings (SSSR count). The predicted molar refractivity (Wildman–Crippen MR) is 56.2 cm³/mol. The van der Waals surface area contributed by atoms with Crippen molar-refractivity contribution in [1.29, 1.82) is 0 Å². The molecule has 0 aliphatic rings. The van der Waals surface area contributed by atoms with E-state index in [4.69, 9.17) is 11.5 Å². The molecule has 1 atom stereocenters. The Morgan fingerprint density at radius 2 is 2.20 bits per heavy atom. The maximum atomic E-state index is 11.4. The second-order valence-corrected chi connectivity index (χ2v) is 3.07. The van der Waals surface area contributed by atoms with Crippen LogP contribution in [0.25, 0.3) is 0 Å². The summed E-state index contributed by atoms with van der Waals surface area (Å²) in [6, 6.07) is -0.530. The quantitative estimate of drug-likeness (QED) is 0.584. The van der Waals surface area contributed by atoms with E-state index in [1.807, 2.05) is 0 Å². The highest BCUT2D eigenvalue weighted by atomic mass is 16.4. The van der Waals surface area contributed by atoms with E-state index in [1.165, 1.54) is 4.90 Å². The molecule has 0 aliphatic heterocycles. The number of nitrogens with zero attached hydrogens (tertiary/aromatic N) is 1. The lowest BCUT2D eigenvalue weighted by molar-refractivity contribution is -0.139. The van der Waals surface area contributed by atoms with Gasteiger partial charge in [-0.15, -0.1) is 6.42 Å². The summed E-state index contributed by atoms with van der Waals surface area (Å²) in [6.07, 6.45) is 5.10. The van der Waals surface area contributed by atoms with Crippen LogP contribution in [0.2, 0.25) is 0 Å². The molecule has 0 saturated carbocycles. The average molecular weight is 212 g/mol. The number of rotatable bonds is 6. The number of carbonyl (C=O) groups excluding carboxylic acids is 1. The second kappa shape index (κ2) is 6.85. The molecule has 0 aliphatic carbocycles. The van der Waals surface area contributed by atoms with Crippen LogP contribution < -0.4 is 5.32 Å². The third-order valence-corrected chi connectivity index (χ3v) is 1.91. The zero-order valence-electron chi connectivity index (χ0n) is 8.99. The largest absolute Gasteiger partial charge is 0.480 e. The lowest BCUT2D eigenvalue weighted by Crippen LogP contribution is -2.47. The van der Waals surface area contributed by atoms with E-state index < -0.39 is 12.0 Å². The molecule has 0 saturated heterocycles. The minimum absolute atomic E-state index is 0.143. The molecule has 0 aromatic heterocycles. The zero-order chi connectivity index (χ0) is 11.8. The van der Waals surface area contributed by atoms with Crippen LogP contribution in [-0.4, -0.2) is 47.6 Å². The SMILES string of the molecule is C#CCN(CC(=O)O)C(C)C(=O)NCC. The lowest BCUT2D eigenvalue weighted by Gasteiger charge is -2.24. The number of nitrogens with one attached hydrogen (secondary N) is 1. The van der Waals surface area contributed by atoms with E-state index in [2.05, 4.69) is 11.2 Å². The first kappa shape index (κ1) is 13.5. The Bertz CT molecular complexity index is 270. The molecule has 0 radical (unpaired) electrons. The second-order valence-electron chi connectivity index (χ2n) is 3.07. The number of hydrogen-bond acceptors (Lipinski definition) is 3. The van der Waals surface area contributed by atoms with E-state index in [0.717, 1.165) is 0 Å². The number of terminal acetylenes is 1. The smallest absolute Gasteiger partial charge is 0.317 e. The predicted octanol–water partition coefficient (Wildman–Crippen LogP) is -0.469. The number of aliphatic carboxylic acids is 1. The Labute approximate surface area is 89.4 Å². The summed E-state index contributed by atoms with van der Waals surface area (Å²) in [7, 11) is 0. The van der Waals surface area contributed by atoms with E-state index >= 15 is 0 Å². The molecule has 0 aromatic carbocycles. The fourth-order valence-electron chi connectivity index (χ4n) is 1.11. The fraction of sp³-hybridized carbons (Fsp3) is 0.600. The summed E-state index contributed by atoms with van der Waals surface area (Å²) in [5, 5.41) is 11.2. The highest BCUT2D eigenvalue weighted by Gasteiger charge is 2.21. The Balaban J connectivity index is 4.40. The Morgan fingerprint density at radius 3 is 2.60 bits per heavy atom. The van der Waals surface area contributed by atoms with Crippen molar-refractivity contribution >= 4 is 11.9 Å². The van der Waals surface area contributed by atoms with Crippen molar-refractivity contribution in [2.45, 2.75) is 19.9 Å². The average Bonchev–Trinajstić information content (AvgIpc) is 2.16. The third kappa shape index (κ3) is 5.03. The molecule has 5 nitrogen and oxygen atoms in total. The van der Waals surface area contributed by atoms with Crippen molar-refractivity contribution in [2.24, 2.45) is 0 Å². The number of hydrogen-bond donors (Lipinski definition) is 2. The van der Waals surface area contributed by atoms with Crippen molar-refractivity contribution in [3.8, 4) is 12.3 Å². The maximum absolute atomic E-state index is 11.4. The molecule has 0 spiro atoms. The van der Waals surface area contributed by atoms with Crippen LogP contribution in [0.15, 0.2) is 0 Å². The van der Waals surface area contributed by atoms with Crippen molar-refractivity contribution in [2.75, 3.05) is 19.6 Å². The summed E-state index contributed by atoms with van der Waals surface area (Å²) in [6.45, 7) is 3.85. The van der Waals surface area contributed by atoms with E-state index in [-0.39, 0.29) is 19.0 Å². The summed E-state index contributed by atoms with van der Waals surface area (Å²) >= 11 is 0. The summed E-state index contributed by atoms with van der Waals surface area (Å²) in [5.74, 6) is 1.12. The number of carboxylic acid groups (broad SMARTS) is 1. The van der Waals surface area contributed by atoms with E-state index in [9.17, 15) is 9.59 Å². The molecule has 1 amide bonds. The Hall–Kier alpha value is -1.54. The lowest BCUT2D eigenvalue weighted by atomic mass is 10.2. The Morgan fingerprint density at radius 1 is 1.60 bits per heavy atom. The fourth-order valence-corrected chi connectivity index (χ4v) is 1.11. The van der Waals surface area contributed by atoms with Gasteiger partial charge in [-0.25, -0.2) is 0 Å². The van der Waals surface area contributed by atoms with Gasteiger partial charge < -0.3 is 10.4 Å². The summed E-state index contributed by atoms with van der Waals surface area (Å²) in [4.78, 5) is 23.4. The van der Waals surface area contributed by atoms with Gasteiger partial charge in [0.1, 0.15) is 0 Å². The van der Waals surface area contributed by atoms with Crippen molar-refractivity contribution in [1.82, 2.24) is 10.2 Å². The molecular weight excluding hydrogens is 196 g/mol. The van der Waals surface area contributed by atoms with Gasteiger partial charge in [-0.2, -0.15) is 0 Å². The van der Waals surface area contributed by atoms with Crippen LogP contribution >= 0.6 is 0 Å².